The second-order valence-corrected chi connectivity index (χ2v) is 2.81. The third kappa shape index (κ3) is 1.19. The van der Waals surface area contributed by atoms with Crippen molar-refractivity contribution in [1.29, 1.82) is 0 Å². The van der Waals surface area contributed by atoms with Gasteiger partial charge in [0.15, 0.2) is 0 Å². The molecule has 0 nitrogen and oxygen atoms in total. The molecule has 0 amide bonds. The first-order valence-corrected chi connectivity index (χ1v) is 3.10. The Hall–Kier alpha value is 0. The molecule has 0 N–H and O–H groups in total. The van der Waals surface area contributed by atoms with Gasteiger partial charge in [-0.15, -0.1) is 0 Å². The van der Waals surface area contributed by atoms with Gasteiger partial charge in [-0.25, -0.2) is 0 Å². The second-order valence-electron chi connectivity index (χ2n) is 2.81. The van der Waals surface area contributed by atoms with Crippen LogP contribution < -0.4 is 0 Å². The maximum Gasteiger partial charge on any atom is 0.0300 e. The summed E-state index contributed by atoms with van der Waals surface area (Å²) in [5.41, 5.74) is 0. The van der Waals surface area contributed by atoms with Crippen molar-refractivity contribution in [2.75, 3.05) is 0 Å². The van der Waals surface area contributed by atoms with E-state index < -0.39 is 0 Å². The van der Waals surface area contributed by atoms with Crippen LogP contribution in [0.4, 0.5) is 0 Å². The van der Waals surface area contributed by atoms with Gasteiger partial charge < -0.3 is 0 Å². The monoisotopic (exact) mass is 99.1 g/mol. The third-order valence-corrected chi connectivity index (χ3v) is 1.76. The SMILES string of the molecule is [2H][C@@]1(C)CC[C@@H](C)C1. The highest BCUT2D eigenvalue weighted by Gasteiger charge is 2.15. The smallest absolute Gasteiger partial charge is 0.0300 e. The van der Waals surface area contributed by atoms with Crippen molar-refractivity contribution in [3.63, 3.8) is 0 Å². The lowest BCUT2D eigenvalue weighted by molar-refractivity contribution is 0.555. The van der Waals surface area contributed by atoms with Crippen LogP contribution in [0.15, 0.2) is 0 Å². The summed E-state index contributed by atoms with van der Waals surface area (Å²) in [5, 5.41) is 0. The first-order chi connectivity index (χ1) is 3.60. The van der Waals surface area contributed by atoms with Crippen molar-refractivity contribution in [1.82, 2.24) is 0 Å². The average molecular weight is 99.2 g/mol. The minimum atomic E-state index is -0.0839. The second kappa shape index (κ2) is 1.85. The molecule has 1 rings (SSSR count). The highest BCUT2D eigenvalue weighted by molar-refractivity contribution is 4.68. The minimum absolute atomic E-state index is 0.0839. The van der Waals surface area contributed by atoms with Crippen LogP contribution in [0.25, 0.3) is 0 Å². The summed E-state index contributed by atoms with van der Waals surface area (Å²) in [4.78, 5) is 0. The fraction of sp³-hybridized carbons (Fsp3) is 1.00. The minimum Gasteiger partial charge on any atom is -0.0625 e. The topological polar surface area (TPSA) is 0 Å². The molecule has 42 valence electrons. The predicted molar refractivity (Wildman–Crippen MR) is 32.2 cm³/mol. The summed E-state index contributed by atoms with van der Waals surface area (Å²) in [6, 6.07) is 0. The molecule has 7 heavy (non-hydrogen) atoms. The quantitative estimate of drug-likeness (QED) is 0.437. The number of rotatable bonds is 0. The molecule has 1 aliphatic carbocycles. The van der Waals surface area contributed by atoms with Crippen LogP contribution in [-0.4, -0.2) is 0 Å². The summed E-state index contributed by atoms with van der Waals surface area (Å²) < 4.78 is 7.62. The van der Waals surface area contributed by atoms with E-state index in [1.165, 1.54) is 6.42 Å². The van der Waals surface area contributed by atoms with Gasteiger partial charge in [0, 0.05) is 1.37 Å². The zero-order valence-electron chi connectivity index (χ0n) is 6.20. The normalized spacial score (nSPS) is 54.6. The fourth-order valence-electron chi connectivity index (χ4n) is 1.29. The summed E-state index contributed by atoms with van der Waals surface area (Å²) >= 11 is 0. The Morgan fingerprint density at radius 3 is 2.29 bits per heavy atom. The molecule has 2 atom stereocenters. The highest BCUT2D eigenvalue weighted by atomic mass is 14.2. The van der Waals surface area contributed by atoms with Gasteiger partial charge in [-0.1, -0.05) is 26.7 Å². The van der Waals surface area contributed by atoms with E-state index in [4.69, 9.17) is 1.37 Å². The standard InChI is InChI=1S/C7H14/c1-6-3-4-7(2)5-6/h6-7H,3-5H2,1-2H3/t6-,7-/m1/s1/i6D. The molecule has 0 aromatic carbocycles. The number of hydrogen-bond donors (Lipinski definition) is 0. The van der Waals surface area contributed by atoms with Crippen LogP contribution in [0.5, 0.6) is 0 Å². The largest absolute Gasteiger partial charge is 0.0625 e. The van der Waals surface area contributed by atoms with Gasteiger partial charge in [-0.2, -0.15) is 0 Å². The number of hydrogen-bond acceptors (Lipinski definition) is 0. The molecule has 1 aliphatic rings. The van der Waals surface area contributed by atoms with E-state index in [2.05, 4.69) is 6.92 Å². The molecule has 0 aliphatic heterocycles. The fourth-order valence-corrected chi connectivity index (χ4v) is 1.29. The Morgan fingerprint density at radius 1 is 1.43 bits per heavy atom. The van der Waals surface area contributed by atoms with Crippen molar-refractivity contribution in [2.45, 2.75) is 33.1 Å². The zero-order valence-corrected chi connectivity index (χ0v) is 5.20. The predicted octanol–water partition coefficient (Wildman–Crippen LogP) is 2.44. The molecule has 0 aromatic rings. The first kappa shape index (κ1) is 3.94. The van der Waals surface area contributed by atoms with E-state index in [0.29, 0.717) is 0 Å². The molecule has 0 saturated heterocycles. The molecule has 0 heterocycles. The van der Waals surface area contributed by atoms with Gasteiger partial charge in [0.05, 0.1) is 0 Å². The van der Waals surface area contributed by atoms with Gasteiger partial charge in [-0.05, 0) is 18.2 Å². The van der Waals surface area contributed by atoms with Crippen LogP contribution in [0.2, 0.25) is 0 Å². The molecule has 0 heteroatoms. The van der Waals surface area contributed by atoms with Gasteiger partial charge in [0.1, 0.15) is 0 Å². The average Bonchev–Trinajstić information content (AvgIpc) is 1.82. The highest BCUT2D eigenvalue weighted by Crippen LogP contribution is 2.29. The molecular formula is C7H14. The summed E-state index contributed by atoms with van der Waals surface area (Å²) in [7, 11) is 0. The Kier molecular flexibility index (Phi) is 1.04. The van der Waals surface area contributed by atoms with Crippen LogP contribution in [-0.2, 0) is 0 Å². The Bertz CT molecular complexity index is 86.4. The van der Waals surface area contributed by atoms with Gasteiger partial charge in [-0.3, -0.25) is 0 Å². The lowest BCUT2D eigenvalue weighted by Crippen LogP contribution is -1.84. The van der Waals surface area contributed by atoms with E-state index in [0.717, 1.165) is 18.8 Å². The third-order valence-electron chi connectivity index (χ3n) is 1.76. The van der Waals surface area contributed by atoms with E-state index in [1.54, 1.807) is 0 Å². The molecule has 0 spiro atoms. The molecule has 0 bridgehead atoms. The molecule has 0 radical (unpaired) electrons. The summed E-state index contributed by atoms with van der Waals surface area (Å²) in [6.07, 6.45) is 3.47. The maximum atomic E-state index is 7.62. The van der Waals surface area contributed by atoms with Crippen molar-refractivity contribution < 1.29 is 1.37 Å². The van der Waals surface area contributed by atoms with Gasteiger partial charge in [0.25, 0.3) is 0 Å². The van der Waals surface area contributed by atoms with Crippen molar-refractivity contribution in [3.05, 3.63) is 0 Å². The molecule has 0 aromatic heterocycles. The van der Waals surface area contributed by atoms with Crippen LogP contribution in [0, 0.1) is 11.8 Å². The Balaban J connectivity index is 2.44. The van der Waals surface area contributed by atoms with E-state index in [1.807, 2.05) is 6.92 Å². The van der Waals surface area contributed by atoms with Crippen molar-refractivity contribution in [2.24, 2.45) is 11.8 Å². The van der Waals surface area contributed by atoms with Gasteiger partial charge >= 0.3 is 0 Å². The summed E-state index contributed by atoms with van der Waals surface area (Å²) in [6.45, 7) is 4.27. The van der Waals surface area contributed by atoms with E-state index in [-0.39, 0.29) is 5.89 Å². The van der Waals surface area contributed by atoms with Crippen LogP contribution in [0.3, 0.4) is 0 Å². The van der Waals surface area contributed by atoms with Crippen molar-refractivity contribution >= 4 is 0 Å². The van der Waals surface area contributed by atoms with Gasteiger partial charge in [0.2, 0.25) is 0 Å². The van der Waals surface area contributed by atoms with Crippen molar-refractivity contribution in [3.8, 4) is 0 Å². The van der Waals surface area contributed by atoms with Crippen LogP contribution in [0.1, 0.15) is 34.5 Å². The zero-order chi connectivity index (χ0) is 6.20. The van der Waals surface area contributed by atoms with Crippen LogP contribution >= 0.6 is 0 Å². The first-order valence-electron chi connectivity index (χ1n) is 3.60. The molecule has 0 unspecified atom stereocenters. The molecule has 1 fully saturated rings. The molecule has 1 saturated carbocycles. The maximum absolute atomic E-state index is 7.62. The lowest BCUT2D eigenvalue weighted by atomic mass is 10.1. The Morgan fingerprint density at radius 2 is 2.14 bits per heavy atom. The van der Waals surface area contributed by atoms with E-state index >= 15 is 0 Å². The molecular weight excluding hydrogens is 84.1 g/mol. The lowest BCUT2D eigenvalue weighted by Gasteiger charge is -1.96. The summed E-state index contributed by atoms with van der Waals surface area (Å²) in [5.74, 6) is 0.719. The van der Waals surface area contributed by atoms with E-state index in [9.17, 15) is 0 Å². The Labute approximate surface area is 47.3 Å².